The Kier molecular flexibility index (Phi) is 117. The summed E-state index contributed by atoms with van der Waals surface area (Å²) in [5.41, 5.74) is 0. The van der Waals surface area contributed by atoms with E-state index in [1.165, 1.54) is 167 Å². The Labute approximate surface area is 743 Å². The first kappa shape index (κ1) is 127. The van der Waals surface area contributed by atoms with Crippen LogP contribution in [0.5, 0.6) is 0 Å². The lowest BCUT2D eigenvalue weighted by atomic mass is 9.90. The Bertz CT molecular complexity index is 1680. The first-order valence-electron chi connectivity index (χ1n) is 50.5. The van der Waals surface area contributed by atoms with E-state index < -0.39 is 0 Å². The summed E-state index contributed by atoms with van der Waals surface area (Å²) < 4.78 is 93.3. The number of hydrogen-bond donors (Lipinski definition) is 0. The molecule has 119 heavy (non-hydrogen) atoms. The summed E-state index contributed by atoms with van der Waals surface area (Å²) in [6.07, 6.45) is 44.0. The molecule has 0 aliphatic carbocycles. The molecule has 0 aliphatic rings. The molecule has 0 aliphatic heterocycles. The van der Waals surface area contributed by atoms with Crippen LogP contribution in [0.2, 0.25) is 0 Å². The number of rotatable bonds is 92. The van der Waals surface area contributed by atoms with Crippen molar-refractivity contribution in [2.24, 2.45) is 71.0 Å². The summed E-state index contributed by atoms with van der Waals surface area (Å²) >= 11 is 0. The Morgan fingerprint density at radius 3 is 0.681 bits per heavy atom. The highest BCUT2D eigenvalue weighted by Crippen LogP contribution is 2.26. The van der Waals surface area contributed by atoms with Crippen molar-refractivity contribution < 1.29 is 80.5 Å². The first-order valence-corrected chi connectivity index (χ1v) is 50.5. The fourth-order valence-corrected chi connectivity index (χ4v) is 14.2. The lowest BCUT2D eigenvalue weighted by molar-refractivity contribution is -0.0116. The Hall–Kier alpha value is -0.680. The van der Waals surface area contributed by atoms with Gasteiger partial charge in [-0.1, -0.05) is 281 Å². The van der Waals surface area contributed by atoms with E-state index in [2.05, 4.69) is 152 Å². The van der Waals surface area contributed by atoms with Gasteiger partial charge in [0.25, 0.3) is 0 Å². The molecule has 0 fully saturated rings. The molecule has 0 radical (unpaired) electrons. The predicted octanol–water partition coefficient (Wildman–Crippen LogP) is 26.3. The number of ether oxygens (including phenoxy) is 17. The maximum Gasteiger partial charge on any atom is 0.0701 e. The minimum Gasteiger partial charge on any atom is -0.381 e. The van der Waals surface area contributed by atoms with Crippen LogP contribution in [0.1, 0.15) is 371 Å². The van der Waals surface area contributed by atoms with Gasteiger partial charge in [0.2, 0.25) is 0 Å². The van der Waals surface area contributed by atoms with Gasteiger partial charge >= 0.3 is 0 Å². The molecule has 17 nitrogen and oxygen atoms in total. The molecule has 0 rings (SSSR count). The molecule has 17 heteroatoms. The molecule has 0 aromatic heterocycles. The van der Waals surface area contributed by atoms with Crippen molar-refractivity contribution in [3.63, 3.8) is 0 Å². The average Bonchev–Trinajstić information content (AvgIpc) is 1.02. The van der Waals surface area contributed by atoms with Crippen LogP contribution in [-0.4, -0.2) is 225 Å². The van der Waals surface area contributed by atoms with Crippen LogP contribution in [-0.2, 0) is 80.5 Å². The van der Waals surface area contributed by atoms with Gasteiger partial charge in [0.1, 0.15) is 0 Å². The minimum absolute atomic E-state index is 0.599. The molecule has 0 saturated carbocycles. The average molecular weight is 1710 g/mol. The summed E-state index contributed by atoms with van der Waals surface area (Å²) in [5.74, 6) is 10.1. The van der Waals surface area contributed by atoms with Gasteiger partial charge < -0.3 is 80.5 Å². The normalized spacial score (nSPS) is 13.7. The predicted molar refractivity (Wildman–Crippen MR) is 508 cm³/mol. The maximum absolute atomic E-state index is 5.69. The first-order chi connectivity index (χ1) is 57.7. The van der Waals surface area contributed by atoms with Crippen LogP contribution in [0.25, 0.3) is 0 Å². The molecule has 0 aromatic carbocycles. The van der Waals surface area contributed by atoms with Gasteiger partial charge in [-0.25, -0.2) is 0 Å². The summed E-state index contributed by atoms with van der Waals surface area (Å²) in [4.78, 5) is 0. The lowest BCUT2D eigenvalue weighted by Gasteiger charge is -2.17. The van der Waals surface area contributed by atoms with E-state index in [-0.39, 0.29) is 0 Å². The van der Waals surface area contributed by atoms with E-state index in [9.17, 15) is 0 Å². The number of hydrogen-bond acceptors (Lipinski definition) is 17. The van der Waals surface area contributed by atoms with Gasteiger partial charge in [-0.3, -0.25) is 0 Å². The Morgan fingerprint density at radius 1 is 0.134 bits per heavy atom. The third-order valence-electron chi connectivity index (χ3n) is 20.9. The standard InChI is InChI=1S/3C24H50O5.C16H34O.C14H30O/c2*1-6-11-25-13-15-27-17-19-29-20-18-28-16-14-26-12-10-23(4)8-7-9-24(5)21-22(2)3;1-5-12-25-14-16-27-18-20-29-21-19-28-17-15-26-13-10-8-7-9-11-24(6-2)22-23(3)4;1-6-11-17-12-10-16(5)13-15(4)9-7-8-14(2)3;1-4-7-8-10-14(9-5-2)11-13-15-12-6-3/h2*22-24H,6-21H2,1-5H3;23-24H,5-22H2,1-4H3;14-16H,6-13H2,1-5H3;14H,4-13H2,1-3H3. The van der Waals surface area contributed by atoms with E-state index >= 15 is 0 Å². The Morgan fingerprint density at radius 2 is 0.378 bits per heavy atom. The van der Waals surface area contributed by atoms with Gasteiger partial charge in [-0.05, 0) is 161 Å². The van der Waals surface area contributed by atoms with Crippen LogP contribution < -0.4 is 0 Å². The topological polar surface area (TPSA) is 157 Å². The largest absolute Gasteiger partial charge is 0.381 e. The molecule has 0 N–H and O–H groups in total. The van der Waals surface area contributed by atoms with Crippen molar-refractivity contribution in [2.45, 2.75) is 371 Å². The zero-order chi connectivity index (χ0) is 89.0. The van der Waals surface area contributed by atoms with E-state index in [0.717, 1.165) is 188 Å². The van der Waals surface area contributed by atoms with Crippen molar-refractivity contribution in [1.29, 1.82) is 0 Å². The molecule has 0 heterocycles. The summed E-state index contributed by atoms with van der Waals surface area (Å²) in [6, 6.07) is 0. The van der Waals surface area contributed by atoms with Gasteiger partial charge in [0, 0.05) is 66.1 Å². The molecule has 0 aromatic rings. The Balaban J connectivity index is -0.000000465. The van der Waals surface area contributed by atoms with Crippen LogP contribution in [0.4, 0.5) is 0 Å². The quantitative estimate of drug-likeness (QED) is 0.0529. The second-order valence-electron chi connectivity index (χ2n) is 36.1. The van der Waals surface area contributed by atoms with Gasteiger partial charge in [-0.15, -0.1) is 0 Å². The van der Waals surface area contributed by atoms with E-state index in [0.29, 0.717) is 159 Å². The molecular formula is C102H214O17. The highest BCUT2D eigenvalue weighted by Gasteiger charge is 2.14. The second-order valence-corrected chi connectivity index (χ2v) is 36.1. The zero-order valence-electron chi connectivity index (χ0n) is 84.0. The lowest BCUT2D eigenvalue weighted by Crippen LogP contribution is -2.13. The summed E-state index contributed by atoms with van der Waals surface area (Å²) in [7, 11) is 0. The molecular weight excluding hydrogens is 1500 g/mol. The van der Waals surface area contributed by atoms with Gasteiger partial charge in [0.15, 0.2) is 0 Å². The maximum atomic E-state index is 5.69. The second kappa shape index (κ2) is 110. The van der Waals surface area contributed by atoms with E-state index in [1.54, 1.807) is 0 Å². The smallest absolute Gasteiger partial charge is 0.0701 e. The van der Waals surface area contributed by atoms with Crippen molar-refractivity contribution in [3.8, 4) is 0 Å². The van der Waals surface area contributed by atoms with Crippen molar-refractivity contribution in [3.05, 3.63) is 0 Å². The molecule has 0 saturated heterocycles. The number of unbranched alkanes of at least 4 members (excludes halogenated alkanes) is 5. The van der Waals surface area contributed by atoms with Crippen molar-refractivity contribution in [2.75, 3.05) is 225 Å². The summed E-state index contributed by atoms with van der Waals surface area (Å²) in [6.45, 7) is 74.1. The van der Waals surface area contributed by atoms with E-state index in [1.807, 2.05) is 0 Å². The van der Waals surface area contributed by atoms with Crippen LogP contribution in [0, 0.1) is 71.0 Å². The van der Waals surface area contributed by atoms with Crippen LogP contribution >= 0.6 is 0 Å². The molecule has 0 spiro atoms. The molecule has 8 atom stereocenters. The van der Waals surface area contributed by atoms with Crippen molar-refractivity contribution in [1.82, 2.24) is 0 Å². The highest BCUT2D eigenvalue weighted by molar-refractivity contribution is 4.65. The van der Waals surface area contributed by atoms with Crippen LogP contribution in [0.3, 0.4) is 0 Å². The SMILES string of the molecule is CCCCCC(CCC)CCOCCC.CCCOCCC(C)CC(C)CCCC(C)C.CCCOCCOCCOCCOCCOCCC(C)CCCC(C)CC(C)C.CCCOCCOCCOCCOCCOCCC(C)CCCC(C)CC(C)C.CCCOCCOCCOCCOCCOCCCCCCC(CC)CC(C)C. The fraction of sp³-hybridized carbons (Fsp3) is 1.00. The highest BCUT2D eigenvalue weighted by atomic mass is 16.6. The molecule has 0 amide bonds. The zero-order valence-corrected chi connectivity index (χ0v) is 84.0. The van der Waals surface area contributed by atoms with Crippen LogP contribution in [0.15, 0.2) is 0 Å². The van der Waals surface area contributed by atoms with Gasteiger partial charge in [0.05, 0.1) is 159 Å². The van der Waals surface area contributed by atoms with Gasteiger partial charge in [-0.2, -0.15) is 0 Å². The third-order valence-corrected chi connectivity index (χ3v) is 20.9. The molecule has 724 valence electrons. The molecule has 8 unspecified atom stereocenters. The van der Waals surface area contributed by atoms with E-state index in [4.69, 9.17) is 80.5 Å². The van der Waals surface area contributed by atoms with Crippen molar-refractivity contribution >= 4 is 0 Å². The fourth-order valence-electron chi connectivity index (χ4n) is 14.2. The minimum atomic E-state index is 0.599. The monoisotopic (exact) mass is 1710 g/mol. The summed E-state index contributed by atoms with van der Waals surface area (Å²) in [5, 5.41) is 0. The third kappa shape index (κ3) is 121. The molecule has 0 bridgehead atoms.